The maximum atomic E-state index is 13.0. The lowest BCUT2D eigenvalue weighted by Crippen LogP contribution is -2.24. The number of pyridine rings is 1. The molecule has 5 nitrogen and oxygen atoms in total. The number of halogens is 1. The minimum absolute atomic E-state index is 0.121. The Morgan fingerprint density at radius 1 is 1.04 bits per heavy atom. The average molecular weight is 356 g/mol. The van der Waals surface area contributed by atoms with Gasteiger partial charge in [0.2, 0.25) is 0 Å². The number of hydrogen-bond donors (Lipinski definition) is 0. The van der Waals surface area contributed by atoms with E-state index in [0.29, 0.717) is 21.5 Å². The van der Waals surface area contributed by atoms with Crippen LogP contribution >= 0.6 is 11.6 Å². The topological polar surface area (TPSA) is 65.4 Å². The molecule has 0 unspecified atom stereocenters. The number of carbonyl (C=O) groups is 2. The zero-order valence-corrected chi connectivity index (χ0v) is 14.3. The third kappa shape index (κ3) is 3.06. The van der Waals surface area contributed by atoms with E-state index in [1.807, 2.05) is 6.92 Å². The van der Waals surface area contributed by atoms with E-state index < -0.39 is 11.9 Å². The Balaban J connectivity index is 2.35. The number of rotatable bonds is 2. The van der Waals surface area contributed by atoms with Crippen molar-refractivity contribution < 1.29 is 14.3 Å². The third-order valence-corrected chi connectivity index (χ3v) is 4.11. The van der Waals surface area contributed by atoms with Crippen LogP contribution in [0.2, 0.25) is 5.02 Å². The van der Waals surface area contributed by atoms with Gasteiger partial charge in [-0.15, -0.1) is 0 Å². The smallest absolute Gasteiger partial charge is 0.355 e. The number of aryl methyl sites for hydroxylation is 1. The summed E-state index contributed by atoms with van der Waals surface area (Å²) in [4.78, 5) is 37.5. The van der Waals surface area contributed by atoms with Crippen molar-refractivity contribution in [1.82, 2.24) is 4.57 Å². The minimum atomic E-state index is -0.762. The highest BCUT2D eigenvalue weighted by Gasteiger charge is 2.21. The van der Waals surface area contributed by atoms with Gasteiger partial charge in [0.15, 0.2) is 5.43 Å². The molecular weight excluding hydrogens is 342 g/mol. The molecule has 6 heteroatoms. The van der Waals surface area contributed by atoms with Gasteiger partial charge in [0, 0.05) is 22.0 Å². The quantitative estimate of drug-likeness (QED) is 0.660. The molecule has 0 saturated carbocycles. The molecule has 3 aromatic rings. The van der Waals surface area contributed by atoms with Gasteiger partial charge in [0.05, 0.1) is 12.6 Å². The first kappa shape index (κ1) is 16.9. The lowest BCUT2D eigenvalue weighted by atomic mass is 10.1. The summed E-state index contributed by atoms with van der Waals surface area (Å²) in [6, 6.07) is 12.5. The summed E-state index contributed by atoms with van der Waals surface area (Å²) < 4.78 is 5.94. The maximum Gasteiger partial charge on any atom is 0.355 e. The van der Waals surface area contributed by atoms with Gasteiger partial charge in [0.25, 0.3) is 5.91 Å². The highest BCUT2D eigenvalue weighted by molar-refractivity contribution is 6.30. The number of hydrogen-bond acceptors (Lipinski definition) is 4. The number of carbonyl (C=O) groups excluding carboxylic acids is 2. The van der Waals surface area contributed by atoms with Crippen LogP contribution in [-0.2, 0) is 4.74 Å². The average Bonchev–Trinajstić information content (AvgIpc) is 2.61. The van der Waals surface area contributed by atoms with E-state index in [1.54, 1.807) is 42.5 Å². The van der Waals surface area contributed by atoms with Crippen molar-refractivity contribution in [3.8, 4) is 0 Å². The van der Waals surface area contributed by atoms with Gasteiger partial charge < -0.3 is 4.74 Å². The van der Waals surface area contributed by atoms with E-state index in [4.69, 9.17) is 16.3 Å². The van der Waals surface area contributed by atoms with Gasteiger partial charge in [-0.2, -0.15) is 0 Å². The lowest BCUT2D eigenvalue weighted by Gasteiger charge is -2.14. The van der Waals surface area contributed by atoms with Crippen molar-refractivity contribution in [1.29, 1.82) is 0 Å². The molecule has 25 heavy (non-hydrogen) atoms. The summed E-state index contributed by atoms with van der Waals surface area (Å²) in [5.41, 5.74) is 1.09. The monoisotopic (exact) mass is 355 g/mol. The largest absolute Gasteiger partial charge is 0.464 e. The fourth-order valence-corrected chi connectivity index (χ4v) is 2.76. The molecule has 0 amide bonds. The van der Waals surface area contributed by atoms with Crippen LogP contribution in [0.4, 0.5) is 0 Å². The van der Waals surface area contributed by atoms with Crippen molar-refractivity contribution in [2.24, 2.45) is 0 Å². The normalized spacial score (nSPS) is 10.7. The van der Waals surface area contributed by atoms with Crippen LogP contribution < -0.4 is 5.43 Å². The predicted molar refractivity (Wildman–Crippen MR) is 95.5 cm³/mol. The standard InChI is InChI=1S/C19H14ClNO4/c1-11-3-8-15-14(9-11)17(22)10-16(19(24)25-2)21(15)18(23)12-4-6-13(20)7-5-12/h3-10H,1-2H3. The fraction of sp³-hybridized carbons (Fsp3) is 0.105. The molecule has 0 aliphatic heterocycles. The molecule has 0 aliphatic carbocycles. The van der Waals surface area contributed by atoms with E-state index in [2.05, 4.69) is 0 Å². The Morgan fingerprint density at radius 2 is 1.72 bits per heavy atom. The van der Waals surface area contributed by atoms with E-state index in [0.717, 1.165) is 11.6 Å². The lowest BCUT2D eigenvalue weighted by molar-refractivity contribution is 0.0583. The van der Waals surface area contributed by atoms with E-state index in [-0.39, 0.29) is 11.1 Å². The number of ether oxygens (including phenoxy) is 1. The van der Waals surface area contributed by atoms with Crippen molar-refractivity contribution in [3.05, 3.63) is 80.6 Å². The molecule has 0 atom stereocenters. The van der Waals surface area contributed by atoms with Gasteiger partial charge in [-0.3, -0.25) is 14.2 Å². The van der Waals surface area contributed by atoms with Gasteiger partial charge in [0.1, 0.15) is 5.69 Å². The van der Waals surface area contributed by atoms with Gasteiger partial charge in [-0.25, -0.2) is 4.79 Å². The fourth-order valence-electron chi connectivity index (χ4n) is 2.63. The second-order valence-corrected chi connectivity index (χ2v) is 5.99. The molecule has 1 aromatic heterocycles. The Bertz CT molecular complexity index is 1050. The number of methoxy groups -OCH3 is 1. The molecule has 0 aliphatic rings. The molecule has 126 valence electrons. The van der Waals surface area contributed by atoms with Gasteiger partial charge >= 0.3 is 5.97 Å². The molecule has 0 saturated heterocycles. The zero-order chi connectivity index (χ0) is 18.1. The van der Waals surface area contributed by atoms with Crippen LogP contribution in [0.3, 0.4) is 0 Å². The Kier molecular flexibility index (Phi) is 4.42. The predicted octanol–water partition coefficient (Wildman–Crippen LogP) is 3.44. The van der Waals surface area contributed by atoms with Gasteiger partial charge in [-0.1, -0.05) is 23.2 Å². The second-order valence-electron chi connectivity index (χ2n) is 5.55. The summed E-state index contributed by atoms with van der Waals surface area (Å²) >= 11 is 5.87. The number of fused-ring (bicyclic) bond motifs is 1. The number of esters is 1. The SMILES string of the molecule is COC(=O)c1cc(=O)c2cc(C)ccc2n1C(=O)c1ccc(Cl)cc1. The minimum Gasteiger partial charge on any atom is -0.464 e. The number of aromatic nitrogens is 1. The summed E-state index contributed by atoms with van der Waals surface area (Å²) in [7, 11) is 1.20. The van der Waals surface area contributed by atoms with E-state index in [1.165, 1.54) is 11.7 Å². The second kappa shape index (κ2) is 6.53. The van der Waals surface area contributed by atoms with E-state index >= 15 is 0 Å². The van der Waals surface area contributed by atoms with Crippen molar-refractivity contribution in [2.75, 3.05) is 7.11 Å². The Morgan fingerprint density at radius 3 is 2.36 bits per heavy atom. The third-order valence-electron chi connectivity index (χ3n) is 3.86. The van der Waals surface area contributed by atoms with Gasteiger partial charge in [-0.05, 0) is 43.3 Å². The van der Waals surface area contributed by atoms with Crippen LogP contribution in [0.1, 0.15) is 26.4 Å². The highest BCUT2D eigenvalue weighted by Crippen LogP contribution is 2.19. The summed E-state index contributed by atoms with van der Waals surface area (Å²) in [5, 5.41) is 0.847. The first-order chi connectivity index (χ1) is 11.9. The molecule has 0 radical (unpaired) electrons. The van der Waals surface area contributed by atoms with Crippen LogP contribution in [-0.4, -0.2) is 23.6 Å². The summed E-state index contributed by atoms with van der Waals surface area (Å²) in [6.07, 6.45) is 0. The van der Waals surface area contributed by atoms with Crippen molar-refractivity contribution in [3.63, 3.8) is 0 Å². The van der Waals surface area contributed by atoms with Crippen molar-refractivity contribution >= 4 is 34.4 Å². The Hall–Kier alpha value is -2.92. The van der Waals surface area contributed by atoms with Crippen LogP contribution in [0.5, 0.6) is 0 Å². The van der Waals surface area contributed by atoms with Crippen LogP contribution in [0.15, 0.2) is 53.3 Å². The molecule has 0 fully saturated rings. The molecular formula is C19H14ClNO4. The maximum absolute atomic E-state index is 13.0. The summed E-state index contributed by atoms with van der Waals surface area (Å²) in [6.45, 7) is 1.85. The highest BCUT2D eigenvalue weighted by atomic mass is 35.5. The first-order valence-corrected chi connectivity index (χ1v) is 7.85. The number of nitrogens with zero attached hydrogens (tertiary/aromatic N) is 1. The number of benzene rings is 2. The van der Waals surface area contributed by atoms with Crippen LogP contribution in [0.25, 0.3) is 10.9 Å². The van der Waals surface area contributed by atoms with Crippen LogP contribution in [0, 0.1) is 6.92 Å². The van der Waals surface area contributed by atoms with Crippen molar-refractivity contribution in [2.45, 2.75) is 6.92 Å². The first-order valence-electron chi connectivity index (χ1n) is 7.47. The summed E-state index contributed by atoms with van der Waals surface area (Å²) in [5.74, 6) is -1.21. The molecule has 0 bridgehead atoms. The molecule has 0 N–H and O–H groups in total. The molecule has 2 aromatic carbocycles. The van der Waals surface area contributed by atoms with E-state index in [9.17, 15) is 14.4 Å². The molecule has 1 heterocycles. The Labute approximate surface area is 148 Å². The molecule has 0 spiro atoms. The molecule has 3 rings (SSSR count). The zero-order valence-electron chi connectivity index (χ0n) is 13.6.